The monoisotopic (exact) mass is 437 g/mol. The van der Waals surface area contributed by atoms with Gasteiger partial charge < -0.3 is 10.1 Å². The average Bonchev–Trinajstić information content (AvgIpc) is 3.17. The second-order valence-corrected chi connectivity index (χ2v) is 7.76. The Morgan fingerprint density at radius 3 is 2.61 bits per heavy atom. The van der Waals surface area contributed by atoms with Crippen LogP contribution in [0.4, 0.5) is 10.1 Å². The number of aromatic nitrogens is 2. The molecule has 0 spiro atoms. The van der Waals surface area contributed by atoms with E-state index in [0.29, 0.717) is 24.3 Å². The van der Waals surface area contributed by atoms with Crippen LogP contribution in [0.2, 0.25) is 5.02 Å². The van der Waals surface area contributed by atoms with E-state index in [0.717, 1.165) is 18.4 Å². The van der Waals surface area contributed by atoms with Gasteiger partial charge in [-0.1, -0.05) is 41.6 Å². The molecular weight excluding hydrogens is 417 g/mol. The van der Waals surface area contributed by atoms with E-state index >= 15 is 0 Å². The molecule has 0 bridgehead atoms. The van der Waals surface area contributed by atoms with Gasteiger partial charge in [0.25, 0.3) is 5.91 Å². The Morgan fingerprint density at radius 2 is 1.90 bits per heavy atom. The first-order valence-electron chi connectivity index (χ1n) is 10.0. The zero-order valence-corrected chi connectivity index (χ0v) is 17.7. The van der Waals surface area contributed by atoms with E-state index in [2.05, 4.69) is 22.3 Å². The molecule has 158 valence electrons. The summed E-state index contributed by atoms with van der Waals surface area (Å²) in [7, 11) is 0. The van der Waals surface area contributed by atoms with Crippen molar-refractivity contribution in [2.45, 2.75) is 25.8 Å². The maximum absolute atomic E-state index is 14.8. The Morgan fingerprint density at radius 1 is 1.19 bits per heavy atom. The molecule has 5 nitrogen and oxygen atoms in total. The molecule has 31 heavy (non-hydrogen) atoms. The molecule has 1 aliphatic rings. The van der Waals surface area contributed by atoms with Gasteiger partial charge in [-0.05, 0) is 49.6 Å². The summed E-state index contributed by atoms with van der Waals surface area (Å²) >= 11 is 6.24. The molecule has 3 aromatic rings. The lowest BCUT2D eigenvalue weighted by Crippen LogP contribution is -2.26. The van der Waals surface area contributed by atoms with Crippen LogP contribution >= 0.6 is 11.6 Å². The summed E-state index contributed by atoms with van der Waals surface area (Å²) in [4.78, 5) is 13.0. The maximum atomic E-state index is 14.8. The molecule has 1 amide bonds. The van der Waals surface area contributed by atoms with Crippen molar-refractivity contribution in [3.63, 3.8) is 0 Å². The molecule has 0 aliphatic carbocycles. The van der Waals surface area contributed by atoms with Crippen LogP contribution in [0.5, 0.6) is 0 Å². The van der Waals surface area contributed by atoms with Gasteiger partial charge >= 0.3 is 0 Å². The van der Waals surface area contributed by atoms with E-state index in [1.54, 1.807) is 17.7 Å². The molecule has 1 N–H and O–H groups in total. The van der Waals surface area contributed by atoms with Gasteiger partial charge in [0.1, 0.15) is 11.5 Å². The van der Waals surface area contributed by atoms with Crippen LogP contribution in [-0.2, 0) is 4.74 Å². The van der Waals surface area contributed by atoms with Crippen LogP contribution in [-0.4, -0.2) is 28.9 Å². The standard InChI is InChI=1S/C24H21ClFN3O2/c1-16-13-18(8-7-17-5-3-2-4-6-17)14-21(26)22(16)28-24(30)23-20(25)15-27-29(23)19-9-11-31-12-10-19/h2-6,13-15,19H,9-12H2,1H3,(H,28,30). The van der Waals surface area contributed by atoms with E-state index in [9.17, 15) is 9.18 Å². The highest BCUT2D eigenvalue weighted by atomic mass is 35.5. The fourth-order valence-electron chi connectivity index (χ4n) is 3.57. The lowest BCUT2D eigenvalue weighted by Gasteiger charge is -2.24. The summed E-state index contributed by atoms with van der Waals surface area (Å²) in [6.07, 6.45) is 2.92. The van der Waals surface area contributed by atoms with Crippen molar-refractivity contribution in [2.24, 2.45) is 0 Å². The first kappa shape index (κ1) is 21.1. The number of amides is 1. The summed E-state index contributed by atoms with van der Waals surface area (Å²) in [5.74, 6) is 4.91. The third-order valence-electron chi connectivity index (χ3n) is 5.15. The molecule has 2 heterocycles. The first-order valence-corrected chi connectivity index (χ1v) is 10.4. The second kappa shape index (κ2) is 9.34. The normalized spacial score (nSPS) is 14.0. The quantitative estimate of drug-likeness (QED) is 0.587. The Bertz CT molecular complexity index is 1140. The predicted octanol–water partition coefficient (Wildman–Crippen LogP) is 4.99. The van der Waals surface area contributed by atoms with Gasteiger partial charge in [0.05, 0.1) is 22.9 Å². The van der Waals surface area contributed by atoms with Gasteiger partial charge in [0, 0.05) is 24.3 Å². The van der Waals surface area contributed by atoms with Crippen LogP contribution in [0.15, 0.2) is 48.7 Å². The number of halogens is 2. The van der Waals surface area contributed by atoms with Crippen LogP contribution in [0, 0.1) is 24.6 Å². The molecule has 0 saturated carbocycles. The fraction of sp³-hybridized carbons (Fsp3) is 0.250. The zero-order chi connectivity index (χ0) is 21.8. The number of hydrogen-bond donors (Lipinski definition) is 1. The van der Waals surface area contributed by atoms with E-state index in [-0.39, 0.29) is 22.4 Å². The number of aryl methyl sites for hydroxylation is 1. The number of rotatable bonds is 3. The molecule has 1 aromatic heterocycles. The third-order valence-corrected chi connectivity index (χ3v) is 5.43. The Hall–Kier alpha value is -3.14. The third kappa shape index (κ3) is 4.79. The molecule has 1 saturated heterocycles. The Labute approximate surface area is 185 Å². The molecule has 0 radical (unpaired) electrons. The minimum absolute atomic E-state index is 0.0172. The number of carbonyl (C=O) groups is 1. The summed E-state index contributed by atoms with van der Waals surface area (Å²) in [6.45, 7) is 2.93. The zero-order valence-electron chi connectivity index (χ0n) is 17.0. The molecule has 4 rings (SSSR count). The van der Waals surface area contributed by atoms with Crippen LogP contribution in [0.1, 0.15) is 46.1 Å². The van der Waals surface area contributed by atoms with Crippen molar-refractivity contribution < 1.29 is 13.9 Å². The molecule has 2 aromatic carbocycles. The van der Waals surface area contributed by atoms with E-state index in [1.807, 2.05) is 30.3 Å². The van der Waals surface area contributed by atoms with Crippen molar-refractivity contribution in [1.82, 2.24) is 9.78 Å². The fourth-order valence-corrected chi connectivity index (χ4v) is 3.79. The average molecular weight is 438 g/mol. The topological polar surface area (TPSA) is 56.2 Å². The molecule has 0 unspecified atom stereocenters. The van der Waals surface area contributed by atoms with E-state index in [1.165, 1.54) is 12.3 Å². The highest BCUT2D eigenvalue weighted by molar-refractivity contribution is 6.34. The Kier molecular flexibility index (Phi) is 6.36. The minimum Gasteiger partial charge on any atom is -0.381 e. The summed E-state index contributed by atoms with van der Waals surface area (Å²) in [5, 5.41) is 7.16. The predicted molar refractivity (Wildman–Crippen MR) is 118 cm³/mol. The molecular formula is C24H21ClFN3O2. The SMILES string of the molecule is Cc1cc(C#Cc2ccccc2)cc(F)c1NC(=O)c1c(Cl)cnn1C1CCOCC1. The lowest BCUT2D eigenvalue weighted by atomic mass is 10.1. The lowest BCUT2D eigenvalue weighted by molar-refractivity contribution is 0.0647. The highest BCUT2D eigenvalue weighted by Crippen LogP contribution is 2.28. The van der Waals surface area contributed by atoms with Crippen molar-refractivity contribution in [2.75, 3.05) is 18.5 Å². The number of hydrogen-bond acceptors (Lipinski definition) is 3. The maximum Gasteiger partial charge on any atom is 0.275 e. The van der Waals surface area contributed by atoms with E-state index < -0.39 is 11.7 Å². The van der Waals surface area contributed by atoms with Crippen LogP contribution < -0.4 is 5.32 Å². The van der Waals surface area contributed by atoms with Gasteiger partial charge in [-0.2, -0.15) is 5.10 Å². The Balaban J connectivity index is 1.57. The smallest absolute Gasteiger partial charge is 0.275 e. The van der Waals surface area contributed by atoms with Gasteiger partial charge in [-0.3, -0.25) is 9.48 Å². The second-order valence-electron chi connectivity index (χ2n) is 7.35. The number of nitrogens with one attached hydrogen (secondary N) is 1. The molecule has 1 aliphatic heterocycles. The number of nitrogens with zero attached hydrogens (tertiary/aromatic N) is 2. The van der Waals surface area contributed by atoms with Gasteiger partial charge in [-0.25, -0.2) is 4.39 Å². The van der Waals surface area contributed by atoms with Crippen LogP contribution in [0.25, 0.3) is 0 Å². The van der Waals surface area contributed by atoms with Gasteiger partial charge in [-0.15, -0.1) is 0 Å². The van der Waals surface area contributed by atoms with Crippen molar-refractivity contribution >= 4 is 23.2 Å². The molecule has 7 heteroatoms. The summed E-state index contributed by atoms with van der Waals surface area (Å²) in [6, 6.07) is 12.5. The summed E-state index contributed by atoms with van der Waals surface area (Å²) in [5.41, 5.74) is 2.27. The van der Waals surface area contributed by atoms with Crippen molar-refractivity contribution in [3.8, 4) is 11.8 Å². The number of ether oxygens (including phenoxy) is 1. The first-order chi connectivity index (χ1) is 15.0. The number of anilines is 1. The number of benzene rings is 2. The highest BCUT2D eigenvalue weighted by Gasteiger charge is 2.25. The largest absolute Gasteiger partial charge is 0.381 e. The summed E-state index contributed by atoms with van der Waals surface area (Å²) < 4.78 is 21.8. The van der Waals surface area contributed by atoms with Crippen LogP contribution in [0.3, 0.4) is 0 Å². The van der Waals surface area contributed by atoms with Crippen molar-refractivity contribution in [1.29, 1.82) is 0 Å². The molecule has 1 fully saturated rings. The van der Waals surface area contributed by atoms with Gasteiger partial charge in [0.2, 0.25) is 0 Å². The molecule has 0 atom stereocenters. The van der Waals surface area contributed by atoms with Gasteiger partial charge in [0.15, 0.2) is 0 Å². The van der Waals surface area contributed by atoms with E-state index in [4.69, 9.17) is 16.3 Å². The van der Waals surface area contributed by atoms with Crippen molar-refractivity contribution in [3.05, 3.63) is 81.9 Å². The minimum atomic E-state index is -0.557. The number of carbonyl (C=O) groups excluding carboxylic acids is 1.